The van der Waals surface area contributed by atoms with Gasteiger partial charge in [-0.1, -0.05) is 0 Å². The maximum atomic E-state index is 10.6. The molecule has 0 amide bonds. The molecule has 1 saturated heterocycles. The SMILES string of the molecule is [O-]N(O)c1ccc(O[C@H]2O[C@H](CO)[C@@H](O)[C@H](O)[C@H]2O)cc1. The molecule has 1 aliphatic rings. The first-order valence-electron chi connectivity index (χ1n) is 6.17. The molecule has 1 aromatic rings. The minimum absolute atomic E-state index is 0.0175. The second kappa shape index (κ2) is 6.54. The third kappa shape index (κ3) is 3.41. The number of anilines is 1. The summed E-state index contributed by atoms with van der Waals surface area (Å²) in [5.74, 6) is 0.199. The number of rotatable bonds is 4. The molecular weight excluding hydrogens is 286 g/mol. The molecule has 1 fully saturated rings. The highest BCUT2D eigenvalue weighted by atomic mass is 16.8. The van der Waals surface area contributed by atoms with E-state index in [9.17, 15) is 20.5 Å². The second-order valence-corrected chi connectivity index (χ2v) is 4.58. The molecule has 1 heterocycles. The zero-order valence-electron chi connectivity index (χ0n) is 10.8. The van der Waals surface area contributed by atoms with Gasteiger partial charge >= 0.3 is 0 Å². The van der Waals surface area contributed by atoms with E-state index in [0.717, 1.165) is 0 Å². The van der Waals surface area contributed by atoms with Crippen LogP contribution in [0.1, 0.15) is 0 Å². The summed E-state index contributed by atoms with van der Waals surface area (Å²) in [7, 11) is 0. The molecule has 0 spiro atoms. The van der Waals surface area contributed by atoms with Gasteiger partial charge in [0, 0.05) is 0 Å². The molecule has 2 rings (SSSR count). The monoisotopic (exact) mass is 302 g/mol. The normalized spacial score (nSPS) is 32.8. The van der Waals surface area contributed by atoms with Crippen molar-refractivity contribution in [1.29, 1.82) is 0 Å². The molecule has 0 aromatic heterocycles. The van der Waals surface area contributed by atoms with Gasteiger partial charge in [0.15, 0.2) is 0 Å². The van der Waals surface area contributed by atoms with Crippen molar-refractivity contribution >= 4 is 5.69 Å². The Morgan fingerprint density at radius 2 is 1.71 bits per heavy atom. The van der Waals surface area contributed by atoms with Crippen LogP contribution < -0.4 is 9.96 Å². The summed E-state index contributed by atoms with van der Waals surface area (Å²) >= 11 is 0. The molecule has 1 aliphatic heterocycles. The van der Waals surface area contributed by atoms with E-state index >= 15 is 0 Å². The predicted molar refractivity (Wildman–Crippen MR) is 68.5 cm³/mol. The van der Waals surface area contributed by atoms with Crippen LogP contribution in [0.25, 0.3) is 0 Å². The Morgan fingerprint density at radius 1 is 1.10 bits per heavy atom. The first kappa shape index (κ1) is 15.9. The van der Waals surface area contributed by atoms with Gasteiger partial charge in [0.05, 0.1) is 12.3 Å². The smallest absolute Gasteiger partial charge is 0.229 e. The Morgan fingerprint density at radius 3 is 2.24 bits per heavy atom. The fourth-order valence-electron chi connectivity index (χ4n) is 1.95. The van der Waals surface area contributed by atoms with Crippen molar-refractivity contribution in [2.45, 2.75) is 30.7 Å². The molecule has 118 valence electrons. The fourth-order valence-corrected chi connectivity index (χ4v) is 1.95. The van der Waals surface area contributed by atoms with Gasteiger partial charge in [-0.15, -0.1) is 0 Å². The van der Waals surface area contributed by atoms with Crippen molar-refractivity contribution in [1.82, 2.24) is 0 Å². The molecule has 0 bridgehead atoms. The highest BCUT2D eigenvalue weighted by Gasteiger charge is 2.44. The topological polar surface area (TPSA) is 146 Å². The highest BCUT2D eigenvalue weighted by molar-refractivity contribution is 5.47. The van der Waals surface area contributed by atoms with Gasteiger partial charge in [0.1, 0.15) is 30.2 Å². The lowest BCUT2D eigenvalue weighted by molar-refractivity contribution is -0.277. The van der Waals surface area contributed by atoms with E-state index in [4.69, 9.17) is 19.8 Å². The predicted octanol–water partition coefficient (Wildman–Crippen LogP) is -1.44. The lowest BCUT2D eigenvalue weighted by atomic mass is 9.99. The van der Waals surface area contributed by atoms with Crippen molar-refractivity contribution in [3.05, 3.63) is 29.5 Å². The van der Waals surface area contributed by atoms with E-state index in [1.807, 2.05) is 0 Å². The Labute approximate surface area is 119 Å². The Bertz CT molecular complexity index is 451. The molecule has 5 N–H and O–H groups in total. The van der Waals surface area contributed by atoms with Crippen molar-refractivity contribution in [2.75, 3.05) is 11.8 Å². The quantitative estimate of drug-likeness (QED) is 0.422. The fraction of sp³-hybridized carbons (Fsp3) is 0.500. The van der Waals surface area contributed by atoms with Crippen molar-refractivity contribution in [3.63, 3.8) is 0 Å². The zero-order chi connectivity index (χ0) is 15.6. The summed E-state index contributed by atoms with van der Waals surface area (Å²) in [6.07, 6.45) is -6.88. The number of hydrogen-bond acceptors (Lipinski definition) is 9. The van der Waals surface area contributed by atoms with Crippen LogP contribution >= 0.6 is 0 Å². The maximum absolute atomic E-state index is 10.6. The summed E-state index contributed by atoms with van der Waals surface area (Å²) in [6.45, 7) is -0.556. The van der Waals surface area contributed by atoms with E-state index < -0.39 is 37.3 Å². The largest absolute Gasteiger partial charge is 0.733 e. The van der Waals surface area contributed by atoms with E-state index in [1.165, 1.54) is 24.3 Å². The van der Waals surface area contributed by atoms with Crippen LogP contribution in [0.15, 0.2) is 24.3 Å². The molecule has 21 heavy (non-hydrogen) atoms. The molecule has 1 aromatic carbocycles. The molecule has 9 heteroatoms. The summed E-state index contributed by atoms with van der Waals surface area (Å²) in [6, 6.07) is 5.23. The lowest BCUT2D eigenvalue weighted by Crippen LogP contribution is -2.60. The van der Waals surface area contributed by atoms with Crippen molar-refractivity contribution < 1.29 is 35.1 Å². The lowest BCUT2D eigenvalue weighted by Gasteiger charge is -2.39. The van der Waals surface area contributed by atoms with Gasteiger partial charge in [0.2, 0.25) is 6.29 Å². The van der Waals surface area contributed by atoms with Crippen LogP contribution in [0.2, 0.25) is 0 Å². The Kier molecular flexibility index (Phi) is 4.96. The van der Waals surface area contributed by atoms with Crippen molar-refractivity contribution in [3.8, 4) is 5.75 Å². The van der Waals surface area contributed by atoms with Gasteiger partial charge in [-0.3, -0.25) is 5.21 Å². The van der Waals surface area contributed by atoms with E-state index in [2.05, 4.69) is 0 Å². The summed E-state index contributed by atoms with van der Waals surface area (Å²) in [4.78, 5) is 0. The van der Waals surface area contributed by atoms with Gasteiger partial charge in [-0.25, -0.2) is 0 Å². The van der Waals surface area contributed by atoms with Crippen LogP contribution in [-0.2, 0) is 4.74 Å². The standard InChI is InChI=1S/C12H16NO8/c14-5-8-9(15)10(16)11(17)12(21-8)20-7-3-1-6(2-4-7)13(18)19/h1-4,8-12,14-18H,5H2/q-1/t8-,9-,10+,11-,12+/m1/s1. The van der Waals surface area contributed by atoms with Crippen LogP contribution in [0, 0.1) is 5.21 Å². The minimum Gasteiger partial charge on any atom is -0.733 e. The average molecular weight is 302 g/mol. The van der Waals surface area contributed by atoms with E-state index in [-0.39, 0.29) is 16.7 Å². The number of ether oxygens (including phenoxy) is 2. The highest BCUT2D eigenvalue weighted by Crippen LogP contribution is 2.25. The van der Waals surface area contributed by atoms with Gasteiger partial charge < -0.3 is 40.3 Å². The Balaban J connectivity index is 2.07. The number of aliphatic hydroxyl groups is 4. The molecular formula is C12H16NO8-. The second-order valence-electron chi connectivity index (χ2n) is 4.58. The third-order valence-electron chi connectivity index (χ3n) is 3.16. The first-order chi connectivity index (χ1) is 9.93. The molecule has 5 atom stereocenters. The minimum atomic E-state index is -1.53. The molecule has 0 unspecified atom stereocenters. The van der Waals surface area contributed by atoms with E-state index in [1.54, 1.807) is 0 Å². The van der Waals surface area contributed by atoms with E-state index in [0.29, 0.717) is 0 Å². The maximum Gasteiger partial charge on any atom is 0.229 e. The molecule has 0 radical (unpaired) electrons. The van der Waals surface area contributed by atoms with Crippen LogP contribution in [0.3, 0.4) is 0 Å². The summed E-state index contributed by atoms with van der Waals surface area (Å²) in [5.41, 5.74) is -0.0175. The summed E-state index contributed by atoms with van der Waals surface area (Å²) in [5, 5.41) is 57.1. The summed E-state index contributed by atoms with van der Waals surface area (Å²) < 4.78 is 10.5. The van der Waals surface area contributed by atoms with Crippen LogP contribution in [-0.4, -0.2) is 62.9 Å². The van der Waals surface area contributed by atoms with Gasteiger partial charge in [0.25, 0.3) is 0 Å². The third-order valence-corrected chi connectivity index (χ3v) is 3.16. The molecule has 9 nitrogen and oxygen atoms in total. The van der Waals surface area contributed by atoms with Crippen LogP contribution in [0.4, 0.5) is 5.69 Å². The molecule has 0 aliphatic carbocycles. The van der Waals surface area contributed by atoms with Gasteiger partial charge in [-0.2, -0.15) is 0 Å². The van der Waals surface area contributed by atoms with Gasteiger partial charge in [-0.05, 0) is 24.3 Å². The zero-order valence-corrected chi connectivity index (χ0v) is 10.8. The molecule has 0 saturated carbocycles. The Hall–Kier alpha value is -1.46. The number of nitrogens with zero attached hydrogens (tertiary/aromatic N) is 1. The van der Waals surface area contributed by atoms with Crippen molar-refractivity contribution in [2.24, 2.45) is 0 Å². The number of hydrogen-bond donors (Lipinski definition) is 5. The number of benzene rings is 1. The number of aliphatic hydroxyl groups excluding tert-OH is 4. The first-order valence-corrected chi connectivity index (χ1v) is 6.17. The average Bonchev–Trinajstić information content (AvgIpc) is 2.48. The van der Waals surface area contributed by atoms with Crippen LogP contribution in [0.5, 0.6) is 5.75 Å².